The fourth-order valence-corrected chi connectivity index (χ4v) is 6.78. The molecule has 0 N–H and O–H groups in total. The predicted octanol–water partition coefficient (Wildman–Crippen LogP) is 18.3. The molecular formula is C62H98O6. The number of carbonyl (C=O) groups excluding carboxylic acids is 3. The van der Waals surface area contributed by atoms with Crippen molar-refractivity contribution >= 4 is 17.9 Å². The monoisotopic (exact) mass is 939 g/mol. The summed E-state index contributed by atoms with van der Waals surface area (Å²) in [6.45, 7) is 6.34. The second kappa shape index (κ2) is 55.1. The van der Waals surface area contributed by atoms with Gasteiger partial charge in [-0.15, -0.1) is 0 Å². The molecule has 6 heteroatoms. The van der Waals surface area contributed by atoms with Crippen LogP contribution in [0.5, 0.6) is 0 Å². The minimum Gasteiger partial charge on any atom is -0.462 e. The molecule has 0 aromatic rings. The molecule has 0 aromatic carbocycles. The van der Waals surface area contributed by atoms with Crippen LogP contribution in [0.1, 0.15) is 220 Å². The van der Waals surface area contributed by atoms with Gasteiger partial charge in [-0.25, -0.2) is 0 Å². The fourth-order valence-electron chi connectivity index (χ4n) is 6.78. The van der Waals surface area contributed by atoms with E-state index >= 15 is 0 Å². The smallest absolute Gasteiger partial charge is 0.306 e. The van der Waals surface area contributed by atoms with Gasteiger partial charge in [-0.3, -0.25) is 14.4 Å². The van der Waals surface area contributed by atoms with Gasteiger partial charge in [-0.05, 0) is 122 Å². The van der Waals surface area contributed by atoms with Crippen LogP contribution in [0.2, 0.25) is 0 Å². The first-order valence-corrected chi connectivity index (χ1v) is 27.2. The van der Waals surface area contributed by atoms with Crippen LogP contribution in [0.4, 0.5) is 0 Å². The summed E-state index contributed by atoms with van der Waals surface area (Å²) in [6, 6.07) is 0. The first-order chi connectivity index (χ1) is 33.5. The zero-order chi connectivity index (χ0) is 49.3. The van der Waals surface area contributed by atoms with E-state index in [1.807, 2.05) is 12.2 Å². The Morgan fingerprint density at radius 1 is 0.309 bits per heavy atom. The highest BCUT2D eigenvalue weighted by molar-refractivity contribution is 5.71. The minimum absolute atomic E-state index is 0.123. The van der Waals surface area contributed by atoms with Gasteiger partial charge in [0, 0.05) is 19.3 Å². The van der Waals surface area contributed by atoms with Crippen molar-refractivity contribution in [2.75, 3.05) is 13.2 Å². The largest absolute Gasteiger partial charge is 0.462 e. The van der Waals surface area contributed by atoms with E-state index in [1.54, 1.807) is 0 Å². The molecule has 0 bridgehead atoms. The molecule has 382 valence electrons. The van der Waals surface area contributed by atoms with Crippen LogP contribution in [0.25, 0.3) is 0 Å². The third-order valence-electron chi connectivity index (χ3n) is 10.9. The zero-order valence-corrected chi connectivity index (χ0v) is 43.6. The maximum Gasteiger partial charge on any atom is 0.306 e. The quantitative estimate of drug-likeness (QED) is 0.0262. The highest BCUT2D eigenvalue weighted by Gasteiger charge is 2.19. The molecule has 0 amide bonds. The van der Waals surface area contributed by atoms with Crippen LogP contribution in [0, 0.1) is 0 Å². The number of rotatable bonds is 47. The fraction of sp³-hybridized carbons (Fsp3) is 0.597. The van der Waals surface area contributed by atoms with Gasteiger partial charge >= 0.3 is 17.9 Å². The van der Waals surface area contributed by atoms with Crippen LogP contribution in [0.3, 0.4) is 0 Å². The molecular weight excluding hydrogens is 841 g/mol. The Balaban J connectivity index is 4.59. The first kappa shape index (κ1) is 63.5. The van der Waals surface area contributed by atoms with Crippen molar-refractivity contribution in [3.05, 3.63) is 134 Å². The van der Waals surface area contributed by atoms with Gasteiger partial charge in [0.1, 0.15) is 13.2 Å². The van der Waals surface area contributed by atoms with E-state index in [9.17, 15) is 14.4 Å². The Hall–Kier alpha value is -4.45. The second-order valence-corrected chi connectivity index (χ2v) is 17.4. The molecule has 0 saturated carbocycles. The second-order valence-electron chi connectivity index (χ2n) is 17.4. The van der Waals surface area contributed by atoms with E-state index in [0.29, 0.717) is 12.8 Å². The Labute approximate surface area is 417 Å². The number of unbranched alkanes of at least 4 members (excludes halogenated alkanes) is 14. The van der Waals surface area contributed by atoms with E-state index in [-0.39, 0.29) is 44.0 Å². The third kappa shape index (κ3) is 52.5. The van der Waals surface area contributed by atoms with Crippen LogP contribution in [-0.2, 0) is 28.6 Å². The SMILES string of the molecule is CC/C=C/C/C=C/C/C=C/C/C=C/C/C=C/C/C=C/CCC(=O)OC[C@@H](COC(=O)CCCCCCC/C=C/C/C=C/CCCC)OC(=O)CCCCCC/C=C/C/C=C/C/C=C/CCCCC. The lowest BCUT2D eigenvalue weighted by Crippen LogP contribution is -2.30. The first-order valence-electron chi connectivity index (χ1n) is 27.2. The molecule has 0 saturated heterocycles. The maximum absolute atomic E-state index is 12.8. The van der Waals surface area contributed by atoms with Crippen molar-refractivity contribution in [1.29, 1.82) is 0 Å². The molecule has 0 aliphatic rings. The zero-order valence-electron chi connectivity index (χ0n) is 43.6. The summed E-state index contributed by atoms with van der Waals surface area (Å²) in [4.78, 5) is 38.0. The highest BCUT2D eigenvalue weighted by Crippen LogP contribution is 2.12. The Morgan fingerprint density at radius 3 is 1.03 bits per heavy atom. The van der Waals surface area contributed by atoms with Gasteiger partial charge in [-0.2, -0.15) is 0 Å². The lowest BCUT2D eigenvalue weighted by atomic mass is 10.1. The number of carbonyl (C=O) groups is 3. The number of allylic oxidation sites excluding steroid dienone is 22. The molecule has 0 aliphatic heterocycles. The van der Waals surface area contributed by atoms with Gasteiger partial charge in [0.2, 0.25) is 0 Å². The normalized spacial score (nSPS) is 13.2. The van der Waals surface area contributed by atoms with E-state index in [1.165, 1.54) is 44.9 Å². The van der Waals surface area contributed by atoms with Gasteiger partial charge in [0.05, 0.1) is 0 Å². The number of hydrogen-bond acceptors (Lipinski definition) is 6. The van der Waals surface area contributed by atoms with E-state index in [2.05, 4.69) is 142 Å². The Kier molecular flexibility index (Phi) is 51.5. The lowest BCUT2D eigenvalue weighted by molar-refractivity contribution is -0.166. The minimum atomic E-state index is -0.831. The summed E-state index contributed by atoms with van der Waals surface area (Å²) in [6.07, 6.45) is 77.3. The average molecular weight is 939 g/mol. The van der Waals surface area contributed by atoms with E-state index < -0.39 is 6.10 Å². The summed E-state index contributed by atoms with van der Waals surface area (Å²) in [5.74, 6) is -1.05. The van der Waals surface area contributed by atoms with E-state index in [0.717, 1.165) is 128 Å². The number of hydrogen-bond donors (Lipinski definition) is 0. The molecule has 0 fully saturated rings. The van der Waals surface area contributed by atoms with Crippen molar-refractivity contribution in [1.82, 2.24) is 0 Å². The van der Waals surface area contributed by atoms with Gasteiger partial charge < -0.3 is 14.2 Å². The van der Waals surface area contributed by atoms with Gasteiger partial charge in [0.25, 0.3) is 0 Å². The Morgan fingerprint density at radius 2 is 0.618 bits per heavy atom. The van der Waals surface area contributed by atoms with Crippen molar-refractivity contribution in [3.8, 4) is 0 Å². The van der Waals surface area contributed by atoms with Crippen LogP contribution in [-0.4, -0.2) is 37.2 Å². The van der Waals surface area contributed by atoms with Gasteiger partial charge in [0.15, 0.2) is 6.10 Å². The molecule has 0 aliphatic carbocycles. The van der Waals surface area contributed by atoms with Crippen LogP contribution in [0.15, 0.2) is 134 Å². The Bertz CT molecular complexity index is 1500. The molecule has 0 heterocycles. The topological polar surface area (TPSA) is 78.9 Å². The third-order valence-corrected chi connectivity index (χ3v) is 10.9. The molecule has 0 radical (unpaired) electrons. The molecule has 0 spiro atoms. The van der Waals surface area contributed by atoms with Crippen molar-refractivity contribution in [3.63, 3.8) is 0 Å². The lowest BCUT2D eigenvalue weighted by Gasteiger charge is -2.18. The molecule has 6 nitrogen and oxygen atoms in total. The van der Waals surface area contributed by atoms with Crippen LogP contribution >= 0.6 is 0 Å². The molecule has 0 rings (SSSR count). The molecule has 68 heavy (non-hydrogen) atoms. The summed E-state index contributed by atoms with van der Waals surface area (Å²) in [5, 5.41) is 0. The summed E-state index contributed by atoms with van der Waals surface area (Å²) in [5.41, 5.74) is 0. The maximum atomic E-state index is 12.8. The van der Waals surface area contributed by atoms with Gasteiger partial charge in [-0.1, -0.05) is 212 Å². The van der Waals surface area contributed by atoms with Crippen LogP contribution < -0.4 is 0 Å². The summed E-state index contributed by atoms with van der Waals surface area (Å²) >= 11 is 0. The number of esters is 3. The van der Waals surface area contributed by atoms with Crippen molar-refractivity contribution in [2.24, 2.45) is 0 Å². The number of ether oxygens (including phenoxy) is 3. The molecule has 0 unspecified atom stereocenters. The average Bonchev–Trinajstić information content (AvgIpc) is 3.34. The van der Waals surface area contributed by atoms with Crippen molar-refractivity contribution < 1.29 is 28.6 Å². The van der Waals surface area contributed by atoms with Crippen molar-refractivity contribution in [2.45, 2.75) is 226 Å². The highest BCUT2D eigenvalue weighted by atomic mass is 16.6. The van der Waals surface area contributed by atoms with E-state index in [4.69, 9.17) is 14.2 Å². The standard InChI is InChI=1S/C62H98O6/c1-4-7-10-13-16-19-22-25-28-30-31-33-34-37-40-43-46-49-52-55-61(64)67-58-59(57-66-60(63)54-51-48-45-42-39-36-27-24-21-18-15-12-9-6-3)68-62(65)56-53-50-47-44-41-38-35-32-29-26-23-20-17-14-11-8-5-2/h7,10,15-20,24-29,31,33,35,37-38,40,46,49,59H,4-6,8-9,11-14,21-23,30,32,34,36,39,41-45,47-48,50-58H2,1-3H3/b10-7+,18-15+,19-16+,20-17+,27-24+,28-25+,29-26+,33-31+,38-35+,40-37+,49-46+/t59-/m1/s1. The summed E-state index contributed by atoms with van der Waals surface area (Å²) in [7, 11) is 0. The molecule has 0 aromatic heterocycles. The summed E-state index contributed by atoms with van der Waals surface area (Å²) < 4.78 is 16.7. The predicted molar refractivity (Wildman–Crippen MR) is 292 cm³/mol. The molecule has 1 atom stereocenters.